The lowest BCUT2D eigenvalue weighted by Gasteiger charge is -2.29. The first-order valence-electron chi connectivity index (χ1n) is 10.6. The van der Waals surface area contributed by atoms with Gasteiger partial charge < -0.3 is 15.0 Å². The zero-order chi connectivity index (χ0) is 19.9. The maximum Gasteiger partial charge on any atom is 0.120 e. The molecule has 0 bridgehead atoms. The lowest BCUT2D eigenvalue weighted by atomic mass is 10.0. The van der Waals surface area contributed by atoms with Crippen molar-refractivity contribution in [1.29, 1.82) is 0 Å². The van der Waals surface area contributed by atoms with Crippen LogP contribution in [0, 0.1) is 0 Å². The molecule has 0 aromatic heterocycles. The summed E-state index contributed by atoms with van der Waals surface area (Å²) in [5.74, 6) is 0.992. The lowest BCUT2D eigenvalue weighted by Crippen LogP contribution is -2.35. The van der Waals surface area contributed by atoms with Gasteiger partial charge in [-0.05, 0) is 54.3 Å². The van der Waals surface area contributed by atoms with E-state index in [1.165, 1.54) is 22.3 Å². The number of rotatable bonds is 7. The van der Waals surface area contributed by atoms with E-state index in [9.17, 15) is 0 Å². The molecular formula is C26H30N2O. The minimum atomic E-state index is 0.345. The molecule has 150 valence electrons. The SMILES string of the molecule is CN1CCC(Oc2cccc(CNCc3ccc(-c4ccccc4)cc3)c2)CC1. The van der Waals surface area contributed by atoms with Gasteiger partial charge in [-0.15, -0.1) is 0 Å². The van der Waals surface area contributed by atoms with Crippen LogP contribution in [0.15, 0.2) is 78.9 Å². The van der Waals surface area contributed by atoms with Crippen LogP contribution in [0.3, 0.4) is 0 Å². The Kier molecular flexibility index (Phi) is 6.60. The number of ether oxygens (including phenoxy) is 1. The second-order valence-electron chi connectivity index (χ2n) is 7.93. The number of likely N-dealkylation sites (tertiary alicyclic amines) is 1. The van der Waals surface area contributed by atoms with Gasteiger partial charge in [-0.3, -0.25) is 0 Å². The molecule has 1 N–H and O–H groups in total. The maximum atomic E-state index is 6.21. The van der Waals surface area contributed by atoms with Crippen LogP contribution in [-0.2, 0) is 13.1 Å². The summed E-state index contributed by atoms with van der Waals surface area (Å²) in [6, 6.07) is 27.8. The predicted octanol–water partition coefficient (Wildman–Crippen LogP) is 5.12. The van der Waals surface area contributed by atoms with Crippen molar-refractivity contribution in [2.45, 2.75) is 32.0 Å². The third kappa shape index (κ3) is 5.69. The molecule has 0 unspecified atom stereocenters. The Labute approximate surface area is 174 Å². The van der Waals surface area contributed by atoms with Crippen molar-refractivity contribution in [3.63, 3.8) is 0 Å². The summed E-state index contributed by atoms with van der Waals surface area (Å²) in [5.41, 5.74) is 5.07. The van der Waals surface area contributed by atoms with Crippen molar-refractivity contribution in [3.05, 3.63) is 90.0 Å². The van der Waals surface area contributed by atoms with E-state index in [0.717, 1.165) is 44.8 Å². The second-order valence-corrected chi connectivity index (χ2v) is 7.93. The molecule has 0 atom stereocenters. The van der Waals surface area contributed by atoms with Crippen molar-refractivity contribution in [1.82, 2.24) is 10.2 Å². The van der Waals surface area contributed by atoms with E-state index in [0.29, 0.717) is 6.10 Å². The van der Waals surface area contributed by atoms with Crippen LogP contribution in [0.1, 0.15) is 24.0 Å². The van der Waals surface area contributed by atoms with Crippen LogP contribution in [0.4, 0.5) is 0 Å². The lowest BCUT2D eigenvalue weighted by molar-refractivity contribution is 0.114. The van der Waals surface area contributed by atoms with Crippen molar-refractivity contribution < 1.29 is 4.74 Å². The minimum Gasteiger partial charge on any atom is -0.490 e. The molecule has 4 rings (SSSR count). The molecule has 1 saturated heterocycles. The molecule has 1 heterocycles. The summed E-state index contributed by atoms with van der Waals surface area (Å²) in [6.45, 7) is 3.93. The average Bonchev–Trinajstić information content (AvgIpc) is 2.77. The molecule has 1 fully saturated rings. The number of nitrogens with zero attached hydrogens (tertiary/aromatic N) is 1. The Balaban J connectivity index is 1.27. The summed E-state index contributed by atoms with van der Waals surface area (Å²) in [7, 11) is 2.18. The van der Waals surface area contributed by atoms with Crippen molar-refractivity contribution in [2.24, 2.45) is 0 Å². The zero-order valence-electron chi connectivity index (χ0n) is 17.2. The number of benzene rings is 3. The van der Waals surface area contributed by atoms with Gasteiger partial charge >= 0.3 is 0 Å². The molecule has 1 aliphatic rings. The molecule has 0 radical (unpaired) electrons. The minimum absolute atomic E-state index is 0.345. The Hall–Kier alpha value is -2.62. The monoisotopic (exact) mass is 386 g/mol. The van der Waals surface area contributed by atoms with E-state index < -0.39 is 0 Å². The fourth-order valence-electron chi connectivity index (χ4n) is 3.82. The van der Waals surface area contributed by atoms with Crippen molar-refractivity contribution in [2.75, 3.05) is 20.1 Å². The molecule has 0 amide bonds. The fourth-order valence-corrected chi connectivity index (χ4v) is 3.82. The number of hydrogen-bond donors (Lipinski definition) is 1. The third-order valence-corrected chi connectivity index (χ3v) is 5.59. The highest BCUT2D eigenvalue weighted by atomic mass is 16.5. The summed E-state index contributed by atoms with van der Waals surface area (Å²) in [5, 5.41) is 3.55. The number of nitrogens with one attached hydrogen (secondary N) is 1. The van der Waals surface area contributed by atoms with Gasteiger partial charge in [-0.1, -0.05) is 66.7 Å². The van der Waals surface area contributed by atoms with Crippen LogP contribution >= 0.6 is 0 Å². The first-order chi connectivity index (χ1) is 14.3. The van der Waals surface area contributed by atoms with E-state index in [1.807, 2.05) is 0 Å². The summed E-state index contributed by atoms with van der Waals surface area (Å²) < 4.78 is 6.21. The normalized spacial score (nSPS) is 15.3. The van der Waals surface area contributed by atoms with E-state index in [-0.39, 0.29) is 0 Å². The predicted molar refractivity (Wildman–Crippen MR) is 120 cm³/mol. The molecule has 3 aromatic carbocycles. The van der Waals surface area contributed by atoms with E-state index >= 15 is 0 Å². The number of piperidine rings is 1. The molecule has 3 nitrogen and oxygen atoms in total. The highest BCUT2D eigenvalue weighted by Crippen LogP contribution is 2.21. The molecule has 0 aliphatic carbocycles. The Morgan fingerprint density at radius 3 is 2.24 bits per heavy atom. The van der Waals surface area contributed by atoms with Gasteiger partial charge in [0.1, 0.15) is 11.9 Å². The smallest absolute Gasteiger partial charge is 0.120 e. The van der Waals surface area contributed by atoms with Gasteiger partial charge in [0.25, 0.3) is 0 Å². The van der Waals surface area contributed by atoms with Crippen LogP contribution in [0.2, 0.25) is 0 Å². The molecule has 1 aliphatic heterocycles. The standard InChI is InChI=1S/C26H30N2O/c1-28-16-14-25(15-17-28)29-26-9-5-6-22(18-26)20-27-19-21-10-12-24(13-11-21)23-7-3-2-4-8-23/h2-13,18,25,27H,14-17,19-20H2,1H3. The van der Waals surface area contributed by atoms with Gasteiger partial charge in [0.15, 0.2) is 0 Å². The maximum absolute atomic E-state index is 6.21. The van der Waals surface area contributed by atoms with E-state index in [2.05, 4.69) is 96.1 Å². The molecule has 3 aromatic rings. The Morgan fingerprint density at radius 1 is 0.793 bits per heavy atom. The first kappa shape index (κ1) is 19.7. The Bertz CT molecular complexity index is 884. The molecule has 3 heteroatoms. The quantitative estimate of drug-likeness (QED) is 0.610. The molecular weight excluding hydrogens is 356 g/mol. The van der Waals surface area contributed by atoms with Crippen LogP contribution < -0.4 is 10.1 Å². The largest absolute Gasteiger partial charge is 0.490 e. The fraction of sp³-hybridized carbons (Fsp3) is 0.308. The van der Waals surface area contributed by atoms with Crippen LogP contribution in [0.25, 0.3) is 11.1 Å². The number of hydrogen-bond acceptors (Lipinski definition) is 3. The highest BCUT2D eigenvalue weighted by molar-refractivity contribution is 5.63. The summed E-state index contributed by atoms with van der Waals surface area (Å²) >= 11 is 0. The topological polar surface area (TPSA) is 24.5 Å². The van der Waals surface area contributed by atoms with E-state index in [4.69, 9.17) is 4.74 Å². The zero-order valence-corrected chi connectivity index (χ0v) is 17.2. The van der Waals surface area contributed by atoms with E-state index in [1.54, 1.807) is 0 Å². The first-order valence-corrected chi connectivity index (χ1v) is 10.6. The van der Waals surface area contributed by atoms with Crippen LogP contribution in [0.5, 0.6) is 5.75 Å². The Morgan fingerprint density at radius 2 is 1.48 bits per heavy atom. The van der Waals surface area contributed by atoms with Crippen molar-refractivity contribution in [3.8, 4) is 16.9 Å². The summed E-state index contributed by atoms with van der Waals surface area (Å²) in [4.78, 5) is 2.37. The molecule has 0 spiro atoms. The van der Waals surface area contributed by atoms with Gasteiger partial charge in [0.05, 0.1) is 0 Å². The van der Waals surface area contributed by atoms with Gasteiger partial charge in [0.2, 0.25) is 0 Å². The van der Waals surface area contributed by atoms with Gasteiger partial charge in [-0.25, -0.2) is 0 Å². The highest BCUT2D eigenvalue weighted by Gasteiger charge is 2.17. The summed E-state index contributed by atoms with van der Waals surface area (Å²) in [6.07, 6.45) is 2.56. The third-order valence-electron chi connectivity index (χ3n) is 5.59. The van der Waals surface area contributed by atoms with Crippen molar-refractivity contribution >= 4 is 0 Å². The van der Waals surface area contributed by atoms with Crippen LogP contribution in [-0.4, -0.2) is 31.1 Å². The average molecular weight is 387 g/mol. The van der Waals surface area contributed by atoms with Gasteiger partial charge in [0, 0.05) is 26.2 Å². The second kappa shape index (κ2) is 9.73. The molecule has 29 heavy (non-hydrogen) atoms. The molecule has 0 saturated carbocycles. The van der Waals surface area contributed by atoms with Gasteiger partial charge in [-0.2, -0.15) is 0 Å².